The number of aryl methyl sites for hydroxylation is 1. The lowest BCUT2D eigenvalue weighted by Gasteiger charge is -2.32. The van der Waals surface area contributed by atoms with Gasteiger partial charge in [-0.15, -0.1) is 0 Å². The number of cyclic esters (lactones) is 1. The Balaban J connectivity index is 1.61. The predicted octanol–water partition coefficient (Wildman–Crippen LogP) is 5.47. The van der Waals surface area contributed by atoms with Gasteiger partial charge in [0.2, 0.25) is 5.72 Å². The number of rotatable bonds is 8. The van der Waals surface area contributed by atoms with Gasteiger partial charge in [0.05, 0.1) is 10.8 Å². The lowest BCUT2D eigenvalue weighted by molar-refractivity contribution is -0.148. The van der Waals surface area contributed by atoms with Crippen molar-refractivity contribution in [3.63, 3.8) is 0 Å². The Morgan fingerprint density at radius 1 is 0.816 bits per heavy atom. The van der Waals surface area contributed by atoms with E-state index in [0.717, 1.165) is 11.1 Å². The molecule has 190 valence electrons. The SMILES string of the molecule is Cc1ccc(S(=O)(=O)N/C=C/C(c2ccccc2)C2(c3ccccc3)N=C(c3ccccc3)C(=O)O2)cc1. The predicted molar refractivity (Wildman–Crippen MR) is 147 cm³/mol. The molecule has 0 radical (unpaired) electrons. The van der Waals surface area contributed by atoms with Crippen molar-refractivity contribution in [2.24, 2.45) is 4.99 Å². The molecule has 38 heavy (non-hydrogen) atoms. The molecular formula is C31H26N2O4S. The Morgan fingerprint density at radius 3 is 2.03 bits per heavy atom. The molecule has 5 rings (SSSR count). The number of hydrogen-bond acceptors (Lipinski definition) is 5. The molecule has 0 fully saturated rings. The number of benzene rings is 4. The van der Waals surface area contributed by atoms with Crippen LogP contribution in [0, 0.1) is 6.92 Å². The first kappa shape index (κ1) is 25.2. The van der Waals surface area contributed by atoms with E-state index in [1.165, 1.54) is 6.20 Å². The zero-order valence-electron chi connectivity index (χ0n) is 20.7. The van der Waals surface area contributed by atoms with Crippen LogP contribution in [-0.4, -0.2) is 20.1 Å². The van der Waals surface area contributed by atoms with Crippen LogP contribution in [0.25, 0.3) is 0 Å². The maximum Gasteiger partial charge on any atom is 0.359 e. The molecule has 2 atom stereocenters. The first-order valence-corrected chi connectivity index (χ1v) is 13.6. The van der Waals surface area contributed by atoms with Crippen LogP contribution < -0.4 is 4.72 Å². The summed E-state index contributed by atoms with van der Waals surface area (Å²) in [5, 5.41) is 0. The quantitative estimate of drug-likeness (QED) is 0.311. The van der Waals surface area contributed by atoms with E-state index in [9.17, 15) is 13.2 Å². The Labute approximate surface area is 222 Å². The molecule has 0 spiro atoms. The number of nitrogens with zero attached hydrogens (tertiary/aromatic N) is 1. The fraction of sp³-hybridized carbons (Fsp3) is 0.0968. The van der Waals surface area contributed by atoms with E-state index >= 15 is 0 Å². The Kier molecular flexibility index (Phi) is 6.94. The molecule has 0 saturated carbocycles. The second-order valence-electron chi connectivity index (χ2n) is 8.96. The van der Waals surface area contributed by atoms with Gasteiger partial charge in [0.15, 0.2) is 5.71 Å². The van der Waals surface area contributed by atoms with Crippen LogP contribution in [0.5, 0.6) is 0 Å². The van der Waals surface area contributed by atoms with Crippen LogP contribution in [0.1, 0.15) is 28.2 Å². The minimum absolute atomic E-state index is 0.151. The van der Waals surface area contributed by atoms with Crippen LogP contribution in [0.4, 0.5) is 0 Å². The standard InChI is InChI=1S/C31H26N2O4S/c1-23-17-19-27(20-18-23)38(35,36)32-22-21-28(24-11-5-2-6-12-24)31(26-15-9-4-10-16-26)33-29(30(34)37-31)25-13-7-3-8-14-25/h2-22,28,32H,1H3/b22-21+. The van der Waals surface area contributed by atoms with Crippen molar-refractivity contribution in [2.45, 2.75) is 23.5 Å². The van der Waals surface area contributed by atoms with Gasteiger partial charge in [0, 0.05) is 17.3 Å². The van der Waals surface area contributed by atoms with Crippen LogP contribution in [0.2, 0.25) is 0 Å². The third kappa shape index (κ3) is 5.01. The van der Waals surface area contributed by atoms with E-state index < -0.39 is 27.6 Å². The van der Waals surface area contributed by atoms with Gasteiger partial charge < -0.3 is 4.74 Å². The molecule has 0 aromatic heterocycles. The van der Waals surface area contributed by atoms with E-state index in [2.05, 4.69) is 4.72 Å². The molecule has 4 aromatic carbocycles. The van der Waals surface area contributed by atoms with Crippen molar-refractivity contribution in [1.82, 2.24) is 4.72 Å². The average molecular weight is 523 g/mol. The highest BCUT2D eigenvalue weighted by molar-refractivity contribution is 7.89. The van der Waals surface area contributed by atoms with Crippen LogP contribution >= 0.6 is 0 Å². The molecule has 2 unspecified atom stereocenters. The summed E-state index contributed by atoms with van der Waals surface area (Å²) in [5.74, 6) is -1.19. The summed E-state index contributed by atoms with van der Waals surface area (Å²) in [4.78, 5) is 18.3. The molecule has 1 aliphatic rings. The molecule has 0 saturated heterocycles. The van der Waals surface area contributed by atoms with Gasteiger partial charge >= 0.3 is 5.97 Å². The third-order valence-corrected chi connectivity index (χ3v) is 7.72. The third-order valence-electron chi connectivity index (χ3n) is 6.38. The van der Waals surface area contributed by atoms with Gasteiger partial charge in [-0.25, -0.2) is 18.2 Å². The molecule has 4 aromatic rings. The molecule has 7 heteroatoms. The fourth-order valence-electron chi connectivity index (χ4n) is 4.45. The molecule has 0 aliphatic carbocycles. The van der Waals surface area contributed by atoms with Gasteiger partial charge in [-0.3, -0.25) is 4.72 Å². The van der Waals surface area contributed by atoms with E-state index in [-0.39, 0.29) is 10.6 Å². The van der Waals surface area contributed by atoms with Crippen molar-refractivity contribution in [3.05, 3.63) is 150 Å². The summed E-state index contributed by atoms with van der Waals surface area (Å²) in [5.41, 5.74) is 1.84. The maximum absolute atomic E-state index is 13.3. The topological polar surface area (TPSA) is 84.8 Å². The number of hydrogen-bond donors (Lipinski definition) is 1. The molecular weight excluding hydrogens is 496 g/mol. The van der Waals surface area contributed by atoms with E-state index in [1.807, 2.05) is 97.9 Å². The summed E-state index contributed by atoms with van der Waals surface area (Å²) in [6.07, 6.45) is 3.06. The van der Waals surface area contributed by atoms with Gasteiger partial charge in [-0.2, -0.15) is 0 Å². The number of carbonyl (C=O) groups is 1. The number of ether oxygens (including phenoxy) is 1. The first-order valence-electron chi connectivity index (χ1n) is 12.1. The lowest BCUT2D eigenvalue weighted by atomic mass is 9.83. The number of aliphatic imine (C=N–C) groups is 1. The Hall–Kier alpha value is -4.49. The normalized spacial score (nSPS) is 18.1. The summed E-state index contributed by atoms with van der Waals surface area (Å²) in [7, 11) is -3.81. The molecule has 6 nitrogen and oxygen atoms in total. The zero-order valence-corrected chi connectivity index (χ0v) is 21.5. The van der Waals surface area contributed by atoms with Crippen molar-refractivity contribution >= 4 is 21.7 Å². The monoisotopic (exact) mass is 522 g/mol. The van der Waals surface area contributed by atoms with Crippen LogP contribution in [-0.2, 0) is 25.3 Å². The second kappa shape index (κ2) is 10.5. The molecule has 1 N–H and O–H groups in total. The maximum atomic E-state index is 13.3. The number of esters is 1. The summed E-state index contributed by atoms with van der Waals surface area (Å²) >= 11 is 0. The zero-order chi connectivity index (χ0) is 26.6. The molecule has 0 amide bonds. The van der Waals surface area contributed by atoms with Gasteiger partial charge in [0.1, 0.15) is 0 Å². The molecule has 1 aliphatic heterocycles. The van der Waals surface area contributed by atoms with Crippen LogP contribution in [0.3, 0.4) is 0 Å². The first-order chi connectivity index (χ1) is 18.4. The lowest BCUT2D eigenvalue weighted by Crippen LogP contribution is -2.33. The van der Waals surface area contributed by atoms with Crippen molar-refractivity contribution in [1.29, 1.82) is 0 Å². The summed E-state index contributed by atoms with van der Waals surface area (Å²) in [6.45, 7) is 1.89. The Bertz CT molecular complexity index is 1580. The van der Waals surface area contributed by atoms with Gasteiger partial charge in [-0.1, -0.05) is 115 Å². The Morgan fingerprint density at radius 2 is 1.39 bits per heavy atom. The minimum atomic E-state index is -3.81. The van der Waals surface area contributed by atoms with Gasteiger partial charge in [0.25, 0.3) is 10.0 Å². The van der Waals surface area contributed by atoms with E-state index in [4.69, 9.17) is 9.73 Å². The van der Waals surface area contributed by atoms with Gasteiger partial charge in [-0.05, 0) is 24.6 Å². The highest BCUT2D eigenvalue weighted by Gasteiger charge is 2.49. The molecule has 1 heterocycles. The largest absolute Gasteiger partial charge is 0.427 e. The number of nitrogens with one attached hydrogen (secondary N) is 1. The number of carbonyl (C=O) groups excluding carboxylic acids is 1. The second-order valence-corrected chi connectivity index (χ2v) is 10.7. The van der Waals surface area contributed by atoms with Crippen LogP contribution in [0.15, 0.2) is 137 Å². The highest BCUT2D eigenvalue weighted by atomic mass is 32.2. The summed E-state index contributed by atoms with van der Waals surface area (Å²) in [6, 6.07) is 34.5. The minimum Gasteiger partial charge on any atom is -0.427 e. The van der Waals surface area contributed by atoms with Crippen molar-refractivity contribution < 1.29 is 17.9 Å². The fourth-order valence-corrected chi connectivity index (χ4v) is 5.34. The van der Waals surface area contributed by atoms with E-state index in [0.29, 0.717) is 11.1 Å². The molecule has 0 bridgehead atoms. The van der Waals surface area contributed by atoms with E-state index in [1.54, 1.807) is 30.3 Å². The van der Waals surface area contributed by atoms with Crippen molar-refractivity contribution in [2.75, 3.05) is 0 Å². The highest BCUT2D eigenvalue weighted by Crippen LogP contribution is 2.46. The summed E-state index contributed by atoms with van der Waals surface area (Å²) < 4.78 is 34.6. The van der Waals surface area contributed by atoms with Crippen molar-refractivity contribution in [3.8, 4) is 0 Å². The smallest absolute Gasteiger partial charge is 0.359 e. The average Bonchev–Trinajstić information content (AvgIpc) is 3.30. The number of sulfonamides is 1.